The minimum absolute atomic E-state index is 0.0970. The van der Waals surface area contributed by atoms with Gasteiger partial charge in [0.15, 0.2) is 5.78 Å². The average molecular weight is 266 g/mol. The first-order valence-corrected chi connectivity index (χ1v) is 6.40. The number of hydrogen-bond donors (Lipinski definition) is 0. The molecule has 2 aliphatic carbocycles. The van der Waals surface area contributed by atoms with Crippen LogP contribution in [0, 0.1) is 17.8 Å². The molecule has 104 valence electrons. The van der Waals surface area contributed by atoms with Gasteiger partial charge >= 0.3 is 11.9 Å². The molecule has 0 aliphatic heterocycles. The largest absolute Gasteiger partial charge is 0.469 e. The second kappa shape index (κ2) is 5.15. The first-order chi connectivity index (χ1) is 8.99. The maximum Gasteiger partial charge on any atom is 0.309 e. The molecule has 0 aromatic rings. The molecular formula is C14H18O5. The lowest BCUT2D eigenvalue weighted by molar-refractivity contribution is -0.158. The van der Waals surface area contributed by atoms with Crippen LogP contribution in [0.1, 0.15) is 26.2 Å². The van der Waals surface area contributed by atoms with Crippen molar-refractivity contribution in [3.8, 4) is 0 Å². The summed E-state index contributed by atoms with van der Waals surface area (Å²) in [5.41, 5.74) is 1.74. The van der Waals surface area contributed by atoms with E-state index in [0.717, 1.165) is 11.1 Å². The Morgan fingerprint density at radius 1 is 1.00 bits per heavy atom. The van der Waals surface area contributed by atoms with Crippen molar-refractivity contribution in [3.05, 3.63) is 11.1 Å². The highest BCUT2D eigenvalue weighted by atomic mass is 16.5. The average Bonchev–Trinajstić information content (AvgIpc) is 2.70. The second-order valence-corrected chi connectivity index (χ2v) is 5.20. The van der Waals surface area contributed by atoms with E-state index in [1.807, 2.05) is 6.92 Å². The van der Waals surface area contributed by atoms with E-state index < -0.39 is 23.8 Å². The van der Waals surface area contributed by atoms with E-state index in [2.05, 4.69) is 0 Å². The molecule has 2 aliphatic rings. The number of esters is 2. The Balaban J connectivity index is 2.34. The van der Waals surface area contributed by atoms with Crippen molar-refractivity contribution < 1.29 is 23.9 Å². The third-order valence-corrected chi connectivity index (χ3v) is 4.17. The van der Waals surface area contributed by atoms with Crippen LogP contribution in [0.4, 0.5) is 0 Å². The standard InChI is InChI=1S/C14H18O5/c1-7-4-12(15)9-6-11(14(17)19-3)10(5-8(7)9)13(16)18-2/h7,10-11H,4-6H2,1-3H3/t7-,10+,11-/m0/s1. The monoisotopic (exact) mass is 266 g/mol. The van der Waals surface area contributed by atoms with Crippen molar-refractivity contribution in [1.29, 1.82) is 0 Å². The normalized spacial score (nSPS) is 30.1. The summed E-state index contributed by atoms with van der Waals surface area (Å²) < 4.78 is 9.52. The number of allylic oxidation sites excluding steroid dienone is 2. The fourth-order valence-electron chi connectivity index (χ4n) is 3.11. The molecule has 5 nitrogen and oxygen atoms in total. The Morgan fingerprint density at radius 2 is 1.53 bits per heavy atom. The van der Waals surface area contributed by atoms with Gasteiger partial charge in [0, 0.05) is 6.42 Å². The predicted molar refractivity (Wildman–Crippen MR) is 66.1 cm³/mol. The summed E-state index contributed by atoms with van der Waals surface area (Å²) in [7, 11) is 2.60. The zero-order valence-electron chi connectivity index (χ0n) is 11.4. The number of carbonyl (C=O) groups excluding carboxylic acids is 3. The van der Waals surface area contributed by atoms with Crippen molar-refractivity contribution in [1.82, 2.24) is 0 Å². The smallest absolute Gasteiger partial charge is 0.309 e. The van der Waals surface area contributed by atoms with Crippen molar-refractivity contribution in [2.45, 2.75) is 26.2 Å². The maximum absolute atomic E-state index is 11.9. The summed E-state index contributed by atoms with van der Waals surface area (Å²) in [6.45, 7) is 1.98. The molecule has 2 rings (SSSR count). The molecule has 0 radical (unpaired) electrons. The van der Waals surface area contributed by atoms with Gasteiger partial charge in [-0.15, -0.1) is 0 Å². The van der Waals surface area contributed by atoms with Crippen molar-refractivity contribution in [2.24, 2.45) is 17.8 Å². The summed E-state index contributed by atoms with van der Waals surface area (Å²) in [6, 6.07) is 0. The molecular weight excluding hydrogens is 248 g/mol. The van der Waals surface area contributed by atoms with Gasteiger partial charge in [0.2, 0.25) is 0 Å². The van der Waals surface area contributed by atoms with Crippen LogP contribution in [0.5, 0.6) is 0 Å². The molecule has 0 N–H and O–H groups in total. The molecule has 0 spiro atoms. The van der Waals surface area contributed by atoms with E-state index in [9.17, 15) is 14.4 Å². The van der Waals surface area contributed by atoms with E-state index in [0.29, 0.717) is 19.3 Å². The third kappa shape index (κ3) is 2.29. The Hall–Kier alpha value is -1.65. The number of rotatable bonds is 2. The van der Waals surface area contributed by atoms with Crippen LogP contribution in [-0.4, -0.2) is 31.9 Å². The van der Waals surface area contributed by atoms with E-state index >= 15 is 0 Å². The van der Waals surface area contributed by atoms with Crippen molar-refractivity contribution >= 4 is 17.7 Å². The molecule has 0 unspecified atom stereocenters. The summed E-state index contributed by atoms with van der Waals surface area (Å²) in [5, 5.41) is 0. The van der Waals surface area contributed by atoms with Crippen molar-refractivity contribution in [2.75, 3.05) is 14.2 Å². The fraction of sp³-hybridized carbons (Fsp3) is 0.643. The first kappa shape index (κ1) is 13.8. The Morgan fingerprint density at radius 3 is 2.05 bits per heavy atom. The first-order valence-electron chi connectivity index (χ1n) is 6.40. The summed E-state index contributed by atoms with van der Waals surface area (Å²) in [6.07, 6.45) is 1.20. The van der Waals surface area contributed by atoms with Gasteiger partial charge in [-0.2, -0.15) is 0 Å². The quantitative estimate of drug-likeness (QED) is 0.704. The summed E-state index contributed by atoms with van der Waals surface area (Å²) in [4.78, 5) is 35.5. The molecule has 0 bridgehead atoms. The van der Waals surface area contributed by atoms with Crippen LogP contribution in [-0.2, 0) is 23.9 Å². The van der Waals surface area contributed by atoms with Gasteiger partial charge in [-0.1, -0.05) is 12.5 Å². The molecule has 19 heavy (non-hydrogen) atoms. The highest BCUT2D eigenvalue weighted by Gasteiger charge is 2.45. The van der Waals surface area contributed by atoms with Gasteiger partial charge < -0.3 is 9.47 Å². The second-order valence-electron chi connectivity index (χ2n) is 5.20. The van der Waals surface area contributed by atoms with E-state index in [1.54, 1.807) is 0 Å². The topological polar surface area (TPSA) is 69.7 Å². The molecule has 0 aromatic heterocycles. The third-order valence-electron chi connectivity index (χ3n) is 4.17. The fourth-order valence-corrected chi connectivity index (χ4v) is 3.11. The number of ketones is 1. The van der Waals surface area contributed by atoms with Gasteiger partial charge in [0.1, 0.15) is 0 Å². The van der Waals surface area contributed by atoms with Gasteiger partial charge in [0.25, 0.3) is 0 Å². The minimum Gasteiger partial charge on any atom is -0.469 e. The molecule has 5 heteroatoms. The molecule has 0 saturated carbocycles. The predicted octanol–water partition coefficient (Wildman–Crippen LogP) is 1.26. The molecule has 0 amide bonds. The van der Waals surface area contributed by atoms with E-state index in [1.165, 1.54) is 14.2 Å². The molecule has 0 saturated heterocycles. The van der Waals surface area contributed by atoms with Crippen LogP contribution in [0.3, 0.4) is 0 Å². The lowest BCUT2D eigenvalue weighted by atomic mass is 9.75. The number of methoxy groups -OCH3 is 2. The Kier molecular flexibility index (Phi) is 3.73. The molecule has 0 fully saturated rings. The van der Waals surface area contributed by atoms with Crippen LogP contribution in [0.2, 0.25) is 0 Å². The lowest BCUT2D eigenvalue weighted by Gasteiger charge is -2.29. The zero-order valence-corrected chi connectivity index (χ0v) is 11.4. The highest BCUT2D eigenvalue weighted by molar-refractivity contribution is 6.00. The lowest BCUT2D eigenvalue weighted by Crippen LogP contribution is -2.35. The van der Waals surface area contributed by atoms with Crippen LogP contribution >= 0.6 is 0 Å². The molecule has 3 atom stereocenters. The molecule has 0 aromatic carbocycles. The van der Waals surface area contributed by atoms with Gasteiger partial charge in [-0.3, -0.25) is 14.4 Å². The maximum atomic E-state index is 11.9. The highest BCUT2D eigenvalue weighted by Crippen LogP contribution is 2.44. The van der Waals surface area contributed by atoms with Gasteiger partial charge in [-0.25, -0.2) is 0 Å². The Bertz CT molecular complexity index is 462. The van der Waals surface area contributed by atoms with Crippen LogP contribution in [0.15, 0.2) is 11.1 Å². The number of Topliss-reactive ketones (excluding diaryl/α,β-unsaturated/α-hetero) is 1. The van der Waals surface area contributed by atoms with Crippen molar-refractivity contribution in [3.63, 3.8) is 0 Å². The SMILES string of the molecule is COC(=O)[C@H]1CC2=C(C[C@H]1C(=O)OC)[C@@H](C)CC2=O. The zero-order chi connectivity index (χ0) is 14.2. The van der Waals surface area contributed by atoms with Gasteiger partial charge in [0.05, 0.1) is 26.1 Å². The Labute approximate surface area is 111 Å². The minimum atomic E-state index is -0.606. The molecule has 0 heterocycles. The van der Waals surface area contributed by atoms with Crippen LogP contribution in [0.25, 0.3) is 0 Å². The summed E-state index contributed by atoms with van der Waals surface area (Å²) in [5.74, 6) is -1.74. The van der Waals surface area contributed by atoms with Crippen LogP contribution < -0.4 is 0 Å². The number of hydrogen-bond acceptors (Lipinski definition) is 5. The number of ether oxygens (including phenoxy) is 2. The van der Waals surface area contributed by atoms with Gasteiger partial charge in [-0.05, 0) is 24.3 Å². The van der Waals surface area contributed by atoms with E-state index in [-0.39, 0.29) is 11.7 Å². The van der Waals surface area contributed by atoms with E-state index in [4.69, 9.17) is 9.47 Å². The number of carbonyl (C=O) groups is 3. The summed E-state index contributed by atoms with van der Waals surface area (Å²) >= 11 is 0.